The minimum Gasteiger partial charge on any atom is -0.347 e. The number of fused-ring (bicyclic) bond motifs is 1. The smallest absolute Gasteiger partial charge is 0.347 e. The number of amides is 1. The van der Waals surface area contributed by atoms with Crippen molar-refractivity contribution in [1.29, 1.82) is 0 Å². The monoisotopic (exact) mass is 352 g/mol. The van der Waals surface area contributed by atoms with E-state index in [1.54, 1.807) is 17.4 Å². The molecule has 3 aromatic rings. The predicted octanol–water partition coefficient (Wildman–Crippen LogP) is 4.67. The summed E-state index contributed by atoms with van der Waals surface area (Å²) in [7, 11) is 0. The van der Waals surface area contributed by atoms with Gasteiger partial charge in [-0.1, -0.05) is 12.1 Å². The molecule has 0 radical (unpaired) electrons. The molecule has 7 heteroatoms. The van der Waals surface area contributed by atoms with Crippen LogP contribution in [0, 0.1) is 0 Å². The van der Waals surface area contributed by atoms with Crippen LogP contribution in [0.1, 0.15) is 28.5 Å². The number of carbonyl (C=O) groups excluding carboxylic acids is 1. The summed E-state index contributed by atoms with van der Waals surface area (Å²) < 4.78 is 41.1. The first-order valence-electron chi connectivity index (χ1n) is 7.41. The molecular formula is C17H15F3N2OS. The standard InChI is InChI=1S/C17H15F3N2OS/c1-2-22-13-6-7-24-15(13)9-14(22)16(23)21-10-11-4-3-5-12(8-11)17(18,19)20/h3-9H,2,10H2,1H3,(H,21,23). The van der Waals surface area contributed by atoms with Crippen LogP contribution in [0.15, 0.2) is 41.8 Å². The number of aromatic nitrogens is 1. The SMILES string of the molecule is CCn1c(C(=O)NCc2cccc(C(F)(F)F)c2)cc2sccc21. The lowest BCUT2D eigenvalue weighted by atomic mass is 10.1. The van der Waals surface area contributed by atoms with Crippen molar-refractivity contribution in [1.82, 2.24) is 9.88 Å². The Balaban J connectivity index is 1.76. The summed E-state index contributed by atoms with van der Waals surface area (Å²) in [4.78, 5) is 12.4. The molecule has 24 heavy (non-hydrogen) atoms. The molecule has 0 atom stereocenters. The fourth-order valence-electron chi connectivity index (χ4n) is 2.64. The van der Waals surface area contributed by atoms with Crippen molar-refractivity contribution in [3.05, 3.63) is 58.6 Å². The molecule has 0 fully saturated rings. The number of aryl methyl sites for hydroxylation is 1. The van der Waals surface area contributed by atoms with Crippen LogP contribution < -0.4 is 5.32 Å². The van der Waals surface area contributed by atoms with E-state index in [-0.39, 0.29) is 12.5 Å². The summed E-state index contributed by atoms with van der Waals surface area (Å²) in [6.07, 6.45) is -4.39. The lowest BCUT2D eigenvalue weighted by Crippen LogP contribution is -2.25. The molecular weight excluding hydrogens is 337 g/mol. The first-order valence-corrected chi connectivity index (χ1v) is 8.29. The Hall–Kier alpha value is -2.28. The van der Waals surface area contributed by atoms with E-state index < -0.39 is 11.7 Å². The second-order valence-electron chi connectivity index (χ2n) is 5.32. The van der Waals surface area contributed by atoms with Crippen molar-refractivity contribution >= 4 is 27.5 Å². The Morgan fingerprint density at radius 2 is 2.04 bits per heavy atom. The summed E-state index contributed by atoms with van der Waals surface area (Å²) in [5.41, 5.74) is 1.21. The van der Waals surface area contributed by atoms with Crippen molar-refractivity contribution in [2.75, 3.05) is 0 Å². The Morgan fingerprint density at radius 1 is 1.25 bits per heavy atom. The van der Waals surface area contributed by atoms with E-state index in [2.05, 4.69) is 5.32 Å². The molecule has 0 bridgehead atoms. The fourth-order valence-corrected chi connectivity index (χ4v) is 3.46. The average molecular weight is 352 g/mol. The highest BCUT2D eigenvalue weighted by Gasteiger charge is 2.30. The maximum absolute atomic E-state index is 12.7. The van der Waals surface area contributed by atoms with Gasteiger partial charge in [0.05, 0.1) is 15.8 Å². The maximum Gasteiger partial charge on any atom is 0.416 e. The van der Waals surface area contributed by atoms with E-state index >= 15 is 0 Å². The summed E-state index contributed by atoms with van der Waals surface area (Å²) >= 11 is 1.55. The molecule has 1 amide bonds. The number of thiophene rings is 1. The Bertz CT molecular complexity index is 879. The van der Waals surface area contributed by atoms with Crippen LogP contribution in [-0.2, 0) is 19.3 Å². The number of carbonyl (C=O) groups is 1. The second kappa shape index (κ2) is 6.32. The summed E-state index contributed by atoms with van der Waals surface area (Å²) in [6.45, 7) is 2.64. The number of rotatable bonds is 4. The van der Waals surface area contributed by atoms with Gasteiger partial charge in [-0.15, -0.1) is 11.3 Å². The zero-order chi connectivity index (χ0) is 17.3. The number of hydrogen-bond acceptors (Lipinski definition) is 2. The largest absolute Gasteiger partial charge is 0.416 e. The van der Waals surface area contributed by atoms with Gasteiger partial charge in [0.15, 0.2) is 0 Å². The maximum atomic E-state index is 12.7. The molecule has 2 heterocycles. The molecule has 2 aromatic heterocycles. The van der Waals surface area contributed by atoms with Gasteiger partial charge < -0.3 is 9.88 Å². The quantitative estimate of drug-likeness (QED) is 0.727. The van der Waals surface area contributed by atoms with Crippen molar-refractivity contribution in [2.45, 2.75) is 26.2 Å². The van der Waals surface area contributed by atoms with Gasteiger partial charge in [0, 0.05) is 13.1 Å². The van der Waals surface area contributed by atoms with Gasteiger partial charge in [-0.2, -0.15) is 13.2 Å². The highest BCUT2D eigenvalue weighted by molar-refractivity contribution is 7.17. The van der Waals surface area contributed by atoms with Gasteiger partial charge in [-0.3, -0.25) is 4.79 Å². The van der Waals surface area contributed by atoms with Crippen molar-refractivity contribution in [3.8, 4) is 0 Å². The van der Waals surface area contributed by atoms with Crippen LogP contribution in [0.2, 0.25) is 0 Å². The number of halogens is 3. The molecule has 3 rings (SSSR count). The second-order valence-corrected chi connectivity index (χ2v) is 6.27. The molecule has 0 aliphatic carbocycles. The zero-order valence-corrected chi connectivity index (χ0v) is 13.7. The topological polar surface area (TPSA) is 34.0 Å². The number of nitrogens with zero attached hydrogens (tertiary/aromatic N) is 1. The third-order valence-electron chi connectivity index (χ3n) is 3.78. The molecule has 1 aromatic carbocycles. The lowest BCUT2D eigenvalue weighted by Gasteiger charge is -2.11. The van der Waals surface area contributed by atoms with Crippen molar-refractivity contribution < 1.29 is 18.0 Å². The van der Waals surface area contributed by atoms with E-state index in [0.717, 1.165) is 22.3 Å². The summed E-state index contributed by atoms with van der Waals surface area (Å²) in [6, 6.07) is 8.74. The molecule has 126 valence electrons. The van der Waals surface area contributed by atoms with E-state index in [4.69, 9.17) is 0 Å². The van der Waals surface area contributed by atoms with Crippen LogP contribution in [0.3, 0.4) is 0 Å². The van der Waals surface area contributed by atoms with Crippen LogP contribution in [0.25, 0.3) is 10.2 Å². The van der Waals surface area contributed by atoms with Gasteiger partial charge >= 0.3 is 6.18 Å². The van der Waals surface area contributed by atoms with E-state index in [1.807, 2.05) is 29.0 Å². The minimum atomic E-state index is -4.39. The van der Waals surface area contributed by atoms with Gasteiger partial charge in [-0.05, 0) is 42.1 Å². The predicted molar refractivity (Wildman–Crippen MR) is 88.1 cm³/mol. The van der Waals surface area contributed by atoms with Gasteiger partial charge in [0.2, 0.25) is 0 Å². The van der Waals surface area contributed by atoms with Gasteiger partial charge in [0.1, 0.15) is 5.69 Å². The highest BCUT2D eigenvalue weighted by atomic mass is 32.1. The molecule has 1 N–H and O–H groups in total. The normalized spacial score (nSPS) is 11.8. The number of nitrogens with one attached hydrogen (secondary N) is 1. The van der Waals surface area contributed by atoms with E-state index in [9.17, 15) is 18.0 Å². The first-order chi connectivity index (χ1) is 11.4. The molecule has 0 saturated heterocycles. The fraction of sp³-hybridized carbons (Fsp3) is 0.235. The van der Waals surface area contributed by atoms with E-state index in [1.165, 1.54) is 6.07 Å². The third kappa shape index (κ3) is 3.17. The van der Waals surface area contributed by atoms with Crippen molar-refractivity contribution in [3.63, 3.8) is 0 Å². The van der Waals surface area contributed by atoms with E-state index in [0.29, 0.717) is 17.8 Å². The zero-order valence-electron chi connectivity index (χ0n) is 12.9. The Morgan fingerprint density at radius 3 is 2.75 bits per heavy atom. The lowest BCUT2D eigenvalue weighted by molar-refractivity contribution is -0.137. The van der Waals surface area contributed by atoms with Crippen LogP contribution in [0.4, 0.5) is 13.2 Å². The highest BCUT2D eigenvalue weighted by Crippen LogP contribution is 2.29. The minimum absolute atomic E-state index is 0.0469. The first kappa shape index (κ1) is 16.6. The molecule has 0 saturated carbocycles. The Labute approximate surface area is 140 Å². The summed E-state index contributed by atoms with van der Waals surface area (Å²) in [5.74, 6) is -0.294. The average Bonchev–Trinajstić information content (AvgIpc) is 3.12. The van der Waals surface area contributed by atoms with Gasteiger partial charge in [-0.25, -0.2) is 0 Å². The number of hydrogen-bond donors (Lipinski definition) is 1. The number of benzene rings is 1. The third-order valence-corrected chi connectivity index (χ3v) is 4.63. The van der Waals surface area contributed by atoms with Crippen LogP contribution in [-0.4, -0.2) is 10.5 Å². The molecule has 0 unspecified atom stereocenters. The molecule has 0 spiro atoms. The van der Waals surface area contributed by atoms with Crippen LogP contribution >= 0.6 is 11.3 Å². The Kier molecular flexibility index (Phi) is 4.36. The molecule has 0 aliphatic heterocycles. The van der Waals surface area contributed by atoms with Gasteiger partial charge in [0.25, 0.3) is 5.91 Å². The molecule has 3 nitrogen and oxygen atoms in total. The van der Waals surface area contributed by atoms with Crippen LogP contribution in [0.5, 0.6) is 0 Å². The summed E-state index contributed by atoms with van der Waals surface area (Å²) in [5, 5.41) is 4.66. The number of alkyl halides is 3. The molecule has 0 aliphatic rings. The van der Waals surface area contributed by atoms with Crippen molar-refractivity contribution in [2.24, 2.45) is 0 Å².